The Labute approximate surface area is 165 Å². The smallest absolute Gasteiger partial charge is 0.317 e. The van der Waals surface area contributed by atoms with Gasteiger partial charge < -0.3 is 15.2 Å². The minimum atomic E-state index is -0.166. The Morgan fingerprint density at radius 2 is 1.96 bits per heavy atom. The van der Waals surface area contributed by atoms with Crippen molar-refractivity contribution >= 4 is 6.03 Å². The zero-order valence-electron chi connectivity index (χ0n) is 16.7. The van der Waals surface area contributed by atoms with Gasteiger partial charge in [0.15, 0.2) is 0 Å². The van der Waals surface area contributed by atoms with Crippen molar-refractivity contribution in [1.29, 1.82) is 0 Å². The normalized spacial score (nSPS) is 14.2. The Bertz CT molecular complexity index is 858. The molecule has 0 aliphatic carbocycles. The fraction of sp³-hybridized carbons (Fsp3) is 0.476. The Morgan fingerprint density at radius 1 is 1.25 bits per heavy atom. The van der Waals surface area contributed by atoms with Crippen molar-refractivity contribution in [3.05, 3.63) is 63.3 Å². The first kappa shape index (κ1) is 20.1. The van der Waals surface area contributed by atoms with E-state index in [1.54, 1.807) is 18.9 Å². The lowest BCUT2D eigenvalue weighted by molar-refractivity contribution is 0.206. The molecule has 1 aliphatic heterocycles. The highest BCUT2D eigenvalue weighted by Crippen LogP contribution is 2.17. The summed E-state index contributed by atoms with van der Waals surface area (Å²) < 4.78 is 0. The van der Waals surface area contributed by atoms with Gasteiger partial charge in [0.2, 0.25) is 0 Å². The lowest BCUT2D eigenvalue weighted by atomic mass is 10.1. The molecule has 0 saturated carbocycles. The van der Waals surface area contributed by atoms with E-state index in [0.717, 1.165) is 19.6 Å². The number of aryl methyl sites for hydroxylation is 1. The molecule has 1 aromatic carbocycles. The quantitative estimate of drug-likeness (QED) is 0.767. The molecule has 1 fully saturated rings. The summed E-state index contributed by atoms with van der Waals surface area (Å²) in [6, 6.07) is 9.65. The molecule has 0 bridgehead atoms. The number of hydrogen-bond acceptors (Lipinski definition) is 4. The molecule has 0 atom stereocenters. The van der Waals surface area contributed by atoms with E-state index in [-0.39, 0.29) is 11.6 Å². The minimum absolute atomic E-state index is 0.133. The number of benzene rings is 1. The molecule has 0 unspecified atom stereocenters. The number of nitrogens with one attached hydrogen (secondary N) is 2. The molecule has 1 aliphatic rings. The molecule has 2 N–H and O–H groups in total. The largest absolute Gasteiger partial charge is 0.338 e. The van der Waals surface area contributed by atoms with Crippen LogP contribution < -0.4 is 10.9 Å². The second-order valence-electron chi connectivity index (χ2n) is 7.42. The fourth-order valence-electron chi connectivity index (χ4n) is 3.56. The summed E-state index contributed by atoms with van der Waals surface area (Å²) in [5.74, 6) is 0.587. The van der Waals surface area contributed by atoms with E-state index in [0.29, 0.717) is 31.0 Å². The summed E-state index contributed by atoms with van der Waals surface area (Å²) in [5, 5.41) is 2.90. The summed E-state index contributed by atoms with van der Waals surface area (Å²) in [4.78, 5) is 35.1. The number of aromatic nitrogens is 2. The molecular formula is C21H29N5O2. The lowest BCUT2D eigenvalue weighted by Crippen LogP contribution is -2.38. The minimum Gasteiger partial charge on any atom is -0.338 e. The van der Waals surface area contributed by atoms with Gasteiger partial charge in [0.1, 0.15) is 5.82 Å². The highest BCUT2D eigenvalue weighted by molar-refractivity contribution is 5.73. The first-order chi connectivity index (χ1) is 13.5. The van der Waals surface area contributed by atoms with Crippen LogP contribution in [0.4, 0.5) is 4.79 Å². The fourth-order valence-corrected chi connectivity index (χ4v) is 3.56. The molecule has 1 aromatic heterocycles. The number of hydrogen-bond donors (Lipinski definition) is 2. The molecule has 7 nitrogen and oxygen atoms in total. The van der Waals surface area contributed by atoms with Crippen LogP contribution in [0.1, 0.15) is 35.5 Å². The summed E-state index contributed by atoms with van der Waals surface area (Å²) in [6.07, 6.45) is 3.03. The van der Waals surface area contributed by atoms with Crippen LogP contribution >= 0.6 is 0 Å². The maximum absolute atomic E-state index is 12.4. The Balaban J connectivity index is 1.52. The van der Waals surface area contributed by atoms with Crippen molar-refractivity contribution in [3.8, 4) is 0 Å². The van der Waals surface area contributed by atoms with Gasteiger partial charge in [-0.3, -0.25) is 9.69 Å². The molecule has 2 heterocycles. The molecule has 150 valence electrons. The van der Waals surface area contributed by atoms with Crippen LogP contribution in [0.2, 0.25) is 0 Å². The number of likely N-dealkylation sites (tertiary alicyclic amines) is 1. The van der Waals surface area contributed by atoms with Crippen molar-refractivity contribution < 1.29 is 4.79 Å². The van der Waals surface area contributed by atoms with Crippen molar-refractivity contribution in [2.75, 3.05) is 26.7 Å². The number of H-pyrrole nitrogens is 1. The van der Waals surface area contributed by atoms with E-state index in [1.807, 2.05) is 6.07 Å². The third kappa shape index (κ3) is 5.66. The highest BCUT2D eigenvalue weighted by atomic mass is 16.2. The predicted octanol–water partition coefficient (Wildman–Crippen LogP) is 2.06. The molecule has 28 heavy (non-hydrogen) atoms. The maximum Gasteiger partial charge on any atom is 0.317 e. The molecule has 0 radical (unpaired) electrons. The molecule has 0 spiro atoms. The summed E-state index contributed by atoms with van der Waals surface area (Å²) >= 11 is 0. The van der Waals surface area contributed by atoms with Gasteiger partial charge in [0, 0.05) is 44.9 Å². The first-order valence-electron chi connectivity index (χ1n) is 9.86. The lowest BCUT2D eigenvalue weighted by Gasteiger charge is -2.22. The van der Waals surface area contributed by atoms with Gasteiger partial charge in [-0.05, 0) is 44.0 Å². The average molecular weight is 383 g/mol. The standard InChI is InChI=1S/C21H29N5O2/c1-16-13-20(27)24-19(23-16)9-10-22-21(28)25(2)14-17-7-3-4-8-18(17)15-26-11-5-6-12-26/h3-4,7-8,13H,5-6,9-12,14-15H2,1-2H3,(H,22,28)(H,23,24,27). The van der Waals surface area contributed by atoms with E-state index in [9.17, 15) is 9.59 Å². The van der Waals surface area contributed by atoms with E-state index in [1.165, 1.54) is 30.0 Å². The molecule has 7 heteroatoms. The van der Waals surface area contributed by atoms with Crippen LogP contribution in [0.5, 0.6) is 0 Å². The van der Waals surface area contributed by atoms with Crippen LogP contribution in [0.25, 0.3) is 0 Å². The number of rotatable bonds is 7. The number of aromatic amines is 1. The van der Waals surface area contributed by atoms with Crippen LogP contribution in [0.3, 0.4) is 0 Å². The third-order valence-corrected chi connectivity index (χ3v) is 5.02. The van der Waals surface area contributed by atoms with Gasteiger partial charge >= 0.3 is 6.03 Å². The van der Waals surface area contributed by atoms with Crippen LogP contribution in [-0.4, -0.2) is 52.5 Å². The van der Waals surface area contributed by atoms with Gasteiger partial charge in [-0.1, -0.05) is 24.3 Å². The van der Waals surface area contributed by atoms with Crippen LogP contribution in [0.15, 0.2) is 35.1 Å². The molecular weight excluding hydrogens is 354 g/mol. The van der Waals surface area contributed by atoms with Gasteiger partial charge in [0.05, 0.1) is 0 Å². The van der Waals surface area contributed by atoms with E-state index < -0.39 is 0 Å². The molecule has 2 amide bonds. The van der Waals surface area contributed by atoms with Gasteiger partial charge in [-0.2, -0.15) is 0 Å². The second-order valence-corrected chi connectivity index (χ2v) is 7.42. The Hall–Kier alpha value is -2.67. The van der Waals surface area contributed by atoms with E-state index in [2.05, 4.69) is 38.4 Å². The summed E-state index contributed by atoms with van der Waals surface area (Å²) in [5.41, 5.74) is 2.97. The molecule has 1 saturated heterocycles. The number of urea groups is 1. The first-order valence-corrected chi connectivity index (χ1v) is 9.86. The Kier molecular flexibility index (Phi) is 6.81. The van der Waals surface area contributed by atoms with Gasteiger partial charge in [-0.15, -0.1) is 0 Å². The Morgan fingerprint density at radius 3 is 2.68 bits per heavy atom. The van der Waals surface area contributed by atoms with Crippen molar-refractivity contribution in [1.82, 2.24) is 25.1 Å². The summed E-state index contributed by atoms with van der Waals surface area (Å²) in [6.45, 7) is 6.02. The van der Waals surface area contributed by atoms with Gasteiger partial charge in [0.25, 0.3) is 5.56 Å². The monoisotopic (exact) mass is 383 g/mol. The van der Waals surface area contributed by atoms with Crippen molar-refractivity contribution in [3.63, 3.8) is 0 Å². The topological polar surface area (TPSA) is 81.3 Å². The number of amides is 2. The number of nitrogens with zero attached hydrogens (tertiary/aromatic N) is 3. The van der Waals surface area contributed by atoms with Crippen molar-refractivity contribution in [2.24, 2.45) is 0 Å². The van der Waals surface area contributed by atoms with Crippen molar-refractivity contribution in [2.45, 2.75) is 39.3 Å². The maximum atomic E-state index is 12.4. The molecule has 3 rings (SSSR count). The van der Waals surface area contributed by atoms with Crippen LogP contribution in [0, 0.1) is 6.92 Å². The highest BCUT2D eigenvalue weighted by Gasteiger charge is 2.15. The zero-order valence-corrected chi connectivity index (χ0v) is 16.7. The predicted molar refractivity (Wildman–Crippen MR) is 109 cm³/mol. The number of carbonyl (C=O) groups excluding carboxylic acids is 1. The van der Waals surface area contributed by atoms with Gasteiger partial charge in [-0.25, -0.2) is 9.78 Å². The summed E-state index contributed by atoms with van der Waals surface area (Å²) in [7, 11) is 1.80. The van der Waals surface area contributed by atoms with Crippen LogP contribution in [-0.2, 0) is 19.5 Å². The number of carbonyl (C=O) groups is 1. The average Bonchev–Trinajstić information content (AvgIpc) is 3.15. The SMILES string of the molecule is Cc1cc(=O)[nH]c(CCNC(=O)N(C)Cc2ccccc2CN2CCCC2)n1. The second kappa shape index (κ2) is 9.50. The van der Waals surface area contributed by atoms with E-state index in [4.69, 9.17) is 0 Å². The van der Waals surface area contributed by atoms with E-state index >= 15 is 0 Å². The molecule has 2 aromatic rings. The third-order valence-electron chi connectivity index (χ3n) is 5.02. The zero-order chi connectivity index (χ0) is 19.9.